The zero-order valence-electron chi connectivity index (χ0n) is 9.59. The van der Waals surface area contributed by atoms with Gasteiger partial charge in [0.2, 0.25) is 5.91 Å². The van der Waals surface area contributed by atoms with Crippen molar-refractivity contribution in [1.29, 1.82) is 0 Å². The van der Waals surface area contributed by atoms with Gasteiger partial charge in [-0.1, -0.05) is 12.1 Å². The van der Waals surface area contributed by atoms with Gasteiger partial charge in [0.15, 0.2) is 4.34 Å². The fraction of sp³-hybridized carbons (Fsp3) is 0.333. The van der Waals surface area contributed by atoms with Crippen LogP contribution in [0.1, 0.15) is 12.8 Å². The monoisotopic (exact) mass is 280 g/mol. The molecule has 0 radical (unpaired) electrons. The summed E-state index contributed by atoms with van der Waals surface area (Å²) in [5.74, 6) is 0.521. The third kappa shape index (κ3) is 2.30. The minimum absolute atomic E-state index is 0.0327. The maximum atomic E-state index is 12.2. The SMILES string of the molecule is O=C1CC[C@H](CS(=O)c2nc3ccccc3s2)N1. The number of carbonyl (C=O) groups is 1. The number of fused-ring (bicyclic) bond motifs is 1. The fourth-order valence-corrected chi connectivity index (χ4v) is 4.51. The smallest absolute Gasteiger partial charge is 0.220 e. The molecule has 1 aromatic carbocycles. The molecule has 2 aromatic rings. The zero-order valence-corrected chi connectivity index (χ0v) is 11.2. The van der Waals surface area contributed by atoms with Crippen LogP contribution in [-0.2, 0) is 15.6 Å². The maximum Gasteiger partial charge on any atom is 0.220 e. The molecule has 1 N–H and O–H groups in total. The van der Waals surface area contributed by atoms with E-state index in [9.17, 15) is 9.00 Å². The van der Waals surface area contributed by atoms with E-state index >= 15 is 0 Å². The molecular weight excluding hydrogens is 268 g/mol. The second-order valence-electron chi connectivity index (χ2n) is 4.26. The first-order valence-electron chi connectivity index (χ1n) is 5.76. The highest BCUT2D eigenvalue weighted by Gasteiger charge is 2.24. The lowest BCUT2D eigenvalue weighted by molar-refractivity contribution is -0.119. The van der Waals surface area contributed by atoms with Gasteiger partial charge in [-0.3, -0.25) is 9.00 Å². The molecule has 1 amide bonds. The number of para-hydroxylation sites is 1. The van der Waals surface area contributed by atoms with Crippen molar-refractivity contribution in [2.45, 2.75) is 23.2 Å². The molecular formula is C12H12N2O2S2. The highest BCUT2D eigenvalue weighted by Crippen LogP contribution is 2.24. The van der Waals surface area contributed by atoms with E-state index in [-0.39, 0.29) is 11.9 Å². The number of aromatic nitrogens is 1. The number of hydrogen-bond acceptors (Lipinski definition) is 4. The molecule has 0 saturated carbocycles. The van der Waals surface area contributed by atoms with Gasteiger partial charge >= 0.3 is 0 Å². The molecule has 1 aliphatic rings. The molecule has 1 aliphatic heterocycles. The highest BCUT2D eigenvalue weighted by molar-refractivity contribution is 7.87. The van der Waals surface area contributed by atoms with Gasteiger partial charge in [-0.15, -0.1) is 11.3 Å². The molecule has 0 spiro atoms. The predicted molar refractivity (Wildman–Crippen MR) is 72.1 cm³/mol. The maximum absolute atomic E-state index is 12.2. The number of thiazole rings is 1. The fourth-order valence-electron chi connectivity index (χ4n) is 2.00. The number of nitrogens with one attached hydrogen (secondary N) is 1. The molecule has 2 heterocycles. The highest BCUT2D eigenvalue weighted by atomic mass is 32.2. The van der Waals surface area contributed by atoms with Gasteiger partial charge in [-0.05, 0) is 18.6 Å². The number of carbonyl (C=O) groups excluding carboxylic acids is 1. The molecule has 3 rings (SSSR count). The average molecular weight is 280 g/mol. The topological polar surface area (TPSA) is 59.1 Å². The van der Waals surface area contributed by atoms with Crippen LogP contribution < -0.4 is 5.32 Å². The Balaban J connectivity index is 1.77. The van der Waals surface area contributed by atoms with Crippen LogP contribution in [0.5, 0.6) is 0 Å². The molecule has 1 saturated heterocycles. The van der Waals surface area contributed by atoms with Crippen LogP contribution >= 0.6 is 11.3 Å². The van der Waals surface area contributed by atoms with Crippen molar-refractivity contribution in [2.75, 3.05) is 5.75 Å². The Bertz CT molecular complexity index is 590. The van der Waals surface area contributed by atoms with E-state index in [1.807, 2.05) is 24.3 Å². The first-order valence-corrected chi connectivity index (χ1v) is 7.89. The Hall–Kier alpha value is -1.27. The van der Waals surface area contributed by atoms with Gasteiger partial charge in [-0.25, -0.2) is 4.98 Å². The summed E-state index contributed by atoms with van der Waals surface area (Å²) in [4.78, 5) is 15.5. The number of amides is 1. The summed E-state index contributed by atoms with van der Waals surface area (Å²) in [6.45, 7) is 0. The van der Waals surface area contributed by atoms with Crippen LogP contribution in [0.2, 0.25) is 0 Å². The summed E-state index contributed by atoms with van der Waals surface area (Å²) < 4.78 is 13.9. The van der Waals surface area contributed by atoms with Gasteiger partial charge in [0.05, 0.1) is 26.8 Å². The Morgan fingerprint density at radius 1 is 1.44 bits per heavy atom. The van der Waals surface area contributed by atoms with E-state index in [1.54, 1.807) is 0 Å². The van der Waals surface area contributed by atoms with Gasteiger partial charge in [-0.2, -0.15) is 0 Å². The number of benzene rings is 1. The molecule has 1 unspecified atom stereocenters. The largest absolute Gasteiger partial charge is 0.352 e. The first-order chi connectivity index (χ1) is 8.72. The van der Waals surface area contributed by atoms with E-state index in [1.165, 1.54) is 11.3 Å². The second-order valence-corrected chi connectivity index (χ2v) is 6.96. The Morgan fingerprint density at radius 3 is 3.00 bits per heavy atom. The van der Waals surface area contributed by atoms with Crippen LogP contribution in [0.3, 0.4) is 0 Å². The van der Waals surface area contributed by atoms with Crippen molar-refractivity contribution in [3.8, 4) is 0 Å². The Kier molecular flexibility index (Phi) is 3.13. The van der Waals surface area contributed by atoms with Crippen molar-refractivity contribution in [2.24, 2.45) is 0 Å². The van der Waals surface area contributed by atoms with E-state index in [4.69, 9.17) is 0 Å². The lowest BCUT2D eigenvalue weighted by atomic mass is 10.2. The van der Waals surface area contributed by atoms with Crippen LogP contribution in [0.4, 0.5) is 0 Å². The summed E-state index contributed by atoms with van der Waals surface area (Å²) in [6, 6.07) is 7.80. The summed E-state index contributed by atoms with van der Waals surface area (Å²) in [6.07, 6.45) is 1.32. The van der Waals surface area contributed by atoms with Crippen molar-refractivity contribution >= 4 is 38.3 Å². The molecule has 18 heavy (non-hydrogen) atoms. The quantitative estimate of drug-likeness (QED) is 0.930. The lowest BCUT2D eigenvalue weighted by Crippen LogP contribution is -2.30. The van der Waals surface area contributed by atoms with Gasteiger partial charge in [0.1, 0.15) is 0 Å². The zero-order chi connectivity index (χ0) is 12.5. The number of rotatable bonds is 3. The van der Waals surface area contributed by atoms with Gasteiger partial charge in [0.25, 0.3) is 0 Å². The van der Waals surface area contributed by atoms with E-state index < -0.39 is 10.8 Å². The van der Waals surface area contributed by atoms with Crippen molar-refractivity contribution in [3.63, 3.8) is 0 Å². The Labute approximate surface area is 111 Å². The Morgan fingerprint density at radius 2 is 2.28 bits per heavy atom. The predicted octanol–water partition coefficient (Wildman–Crippen LogP) is 1.68. The molecule has 4 nitrogen and oxygen atoms in total. The minimum Gasteiger partial charge on any atom is -0.352 e. The third-order valence-corrected chi connectivity index (χ3v) is 5.73. The summed E-state index contributed by atoms with van der Waals surface area (Å²) >= 11 is 1.47. The van der Waals surface area contributed by atoms with Crippen LogP contribution in [-0.4, -0.2) is 26.9 Å². The van der Waals surface area contributed by atoms with Crippen LogP contribution in [0, 0.1) is 0 Å². The van der Waals surface area contributed by atoms with E-state index in [0.29, 0.717) is 16.5 Å². The van der Waals surface area contributed by atoms with E-state index in [2.05, 4.69) is 10.3 Å². The first kappa shape index (κ1) is 11.8. The summed E-state index contributed by atoms with van der Waals surface area (Å²) in [7, 11) is -1.13. The van der Waals surface area contributed by atoms with Crippen molar-refractivity contribution < 1.29 is 9.00 Å². The molecule has 0 bridgehead atoms. The normalized spacial score (nSPS) is 21.1. The van der Waals surface area contributed by atoms with Crippen molar-refractivity contribution in [1.82, 2.24) is 10.3 Å². The van der Waals surface area contributed by atoms with Crippen LogP contribution in [0.15, 0.2) is 28.6 Å². The standard InChI is InChI=1S/C12H12N2O2S2/c15-11-6-5-8(13-11)7-18(16)12-14-9-3-1-2-4-10(9)17-12/h1-4,8H,5-7H2,(H,13,15)/t8-,18?/m1/s1. The lowest BCUT2D eigenvalue weighted by Gasteiger charge is -2.07. The van der Waals surface area contributed by atoms with Gasteiger partial charge in [0, 0.05) is 12.5 Å². The number of hydrogen-bond donors (Lipinski definition) is 1. The minimum atomic E-state index is -1.13. The second kappa shape index (κ2) is 4.78. The molecule has 1 aromatic heterocycles. The van der Waals surface area contributed by atoms with Crippen LogP contribution in [0.25, 0.3) is 10.2 Å². The number of nitrogens with zero attached hydrogens (tertiary/aromatic N) is 1. The average Bonchev–Trinajstić information content (AvgIpc) is 2.95. The summed E-state index contributed by atoms with van der Waals surface area (Å²) in [5.41, 5.74) is 0.890. The molecule has 1 fully saturated rings. The van der Waals surface area contributed by atoms with E-state index in [0.717, 1.165) is 16.6 Å². The summed E-state index contributed by atoms with van der Waals surface area (Å²) in [5, 5.41) is 2.83. The third-order valence-electron chi connectivity index (χ3n) is 2.91. The molecule has 0 aliphatic carbocycles. The molecule has 2 atom stereocenters. The van der Waals surface area contributed by atoms with Crippen molar-refractivity contribution in [3.05, 3.63) is 24.3 Å². The van der Waals surface area contributed by atoms with Gasteiger partial charge < -0.3 is 5.32 Å². The molecule has 6 heteroatoms. The molecule has 94 valence electrons.